The van der Waals surface area contributed by atoms with E-state index < -0.39 is 17.2 Å². The number of rotatable bonds is 4. The number of amides is 2. The molecular formula is C17H15Cl3N2O2. The number of benzene rings is 2. The van der Waals surface area contributed by atoms with Crippen LogP contribution < -0.4 is 10.6 Å². The Balaban J connectivity index is 2.11. The fraction of sp³-hybridized carbons (Fsp3) is 0.176. The van der Waals surface area contributed by atoms with Crippen LogP contribution in [0.3, 0.4) is 0 Å². The number of anilines is 2. The molecule has 0 spiro atoms. The summed E-state index contributed by atoms with van der Waals surface area (Å²) in [4.78, 5) is 24.9. The van der Waals surface area contributed by atoms with E-state index in [1.807, 2.05) is 0 Å². The molecule has 4 nitrogen and oxygen atoms in total. The molecule has 126 valence electrons. The molecule has 7 heteroatoms. The number of hydrogen-bond donors (Lipinski definition) is 2. The highest BCUT2D eigenvalue weighted by molar-refractivity contribution is 6.36. The van der Waals surface area contributed by atoms with E-state index >= 15 is 0 Å². The van der Waals surface area contributed by atoms with Gasteiger partial charge in [0.25, 0.3) is 0 Å². The van der Waals surface area contributed by atoms with E-state index in [4.69, 9.17) is 34.8 Å². The second kappa shape index (κ2) is 7.43. The fourth-order valence-corrected chi connectivity index (χ4v) is 2.37. The van der Waals surface area contributed by atoms with E-state index in [1.54, 1.807) is 36.4 Å². The largest absolute Gasteiger partial charge is 0.325 e. The predicted octanol–water partition coefficient (Wildman–Crippen LogP) is 5.25. The maximum absolute atomic E-state index is 12.5. The molecule has 0 radical (unpaired) electrons. The van der Waals surface area contributed by atoms with Crippen LogP contribution in [0.1, 0.15) is 13.8 Å². The number of carbonyl (C=O) groups excluding carboxylic acids is 2. The van der Waals surface area contributed by atoms with E-state index in [-0.39, 0.29) is 0 Å². The SMILES string of the molecule is CC(C)(C(=O)Nc1ccc(Cl)cc1)C(=O)Nc1ccc(Cl)cc1Cl. The third kappa shape index (κ3) is 4.41. The fourth-order valence-electron chi connectivity index (χ4n) is 1.79. The van der Waals surface area contributed by atoms with Crippen molar-refractivity contribution in [1.82, 2.24) is 0 Å². The molecule has 0 bridgehead atoms. The highest BCUT2D eigenvalue weighted by Crippen LogP contribution is 2.28. The summed E-state index contributed by atoms with van der Waals surface area (Å²) in [6.45, 7) is 3.05. The molecule has 2 aromatic rings. The molecule has 2 aromatic carbocycles. The van der Waals surface area contributed by atoms with Crippen LogP contribution in [0.25, 0.3) is 0 Å². The summed E-state index contributed by atoms with van der Waals surface area (Å²) in [6.07, 6.45) is 0. The topological polar surface area (TPSA) is 58.2 Å². The Morgan fingerprint density at radius 2 is 1.38 bits per heavy atom. The zero-order chi connectivity index (χ0) is 17.9. The molecule has 2 N–H and O–H groups in total. The van der Waals surface area contributed by atoms with Crippen molar-refractivity contribution in [3.8, 4) is 0 Å². The van der Waals surface area contributed by atoms with Crippen molar-refractivity contribution >= 4 is 58.0 Å². The first-order valence-corrected chi connectivity index (χ1v) is 8.17. The molecule has 0 fully saturated rings. The Labute approximate surface area is 155 Å². The van der Waals surface area contributed by atoms with Gasteiger partial charge in [0, 0.05) is 15.7 Å². The van der Waals surface area contributed by atoms with Gasteiger partial charge >= 0.3 is 0 Å². The van der Waals surface area contributed by atoms with Gasteiger partial charge in [0.05, 0.1) is 10.7 Å². The van der Waals surface area contributed by atoms with Crippen molar-refractivity contribution in [2.45, 2.75) is 13.8 Å². The quantitative estimate of drug-likeness (QED) is 0.706. The zero-order valence-electron chi connectivity index (χ0n) is 13.0. The standard InChI is InChI=1S/C17H15Cl3N2O2/c1-17(2,15(23)21-12-6-3-10(18)4-7-12)16(24)22-14-8-5-11(19)9-13(14)20/h3-9H,1-2H3,(H,21,23)(H,22,24). The predicted molar refractivity (Wildman–Crippen MR) is 99.0 cm³/mol. The van der Waals surface area contributed by atoms with Crippen LogP contribution in [0, 0.1) is 5.41 Å². The molecule has 0 saturated carbocycles. The Kier molecular flexibility index (Phi) is 5.75. The smallest absolute Gasteiger partial charge is 0.239 e. The Morgan fingerprint density at radius 1 is 0.833 bits per heavy atom. The average Bonchev–Trinajstić information content (AvgIpc) is 2.52. The van der Waals surface area contributed by atoms with Gasteiger partial charge < -0.3 is 10.6 Å². The van der Waals surface area contributed by atoms with Crippen LogP contribution in [-0.4, -0.2) is 11.8 Å². The highest BCUT2D eigenvalue weighted by Gasteiger charge is 2.36. The first-order chi connectivity index (χ1) is 11.2. The van der Waals surface area contributed by atoms with Crippen molar-refractivity contribution in [2.24, 2.45) is 5.41 Å². The summed E-state index contributed by atoms with van der Waals surface area (Å²) in [6, 6.07) is 11.3. The third-order valence-electron chi connectivity index (χ3n) is 3.42. The second-order valence-electron chi connectivity index (χ2n) is 5.66. The van der Waals surface area contributed by atoms with Crippen LogP contribution in [0.15, 0.2) is 42.5 Å². The molecule has 0 unspecified atom stereocenters. The first-order valence-electron chi connectivity index (χ1n) is 7.03. The lowest BCUT2D eigenvalue weighted by Gasteiger charge is -2.23. The monoisotopic (exact) mass is 384 g/mol. The second-order valence-corrected chi connectivity index (χ2v) is 6.94. The Hall–Kier alpha value is -1.75. The summed E-state index contributed by atoms with van der Waals surface area (Å²) >= 11 is 17.7. The van der Waals surface area contributed by atoms with Crippen LogP contribution >= 0.6 is 34.8 Å². The van der Waals surface area contributed by atoms with Crippen LogP contribution in [0.4, 0.5) is 11.4 Å². The molecule has 0 aromatic heterocycles. The van der Waals surface area contributed by atoms with Crippen LogP contribution in [-0.2, 0) is 9.59 Å². The van der Waals surface area contributed by atoms with Crippen LogP contribution in [0.2, 0.25) is 15.1 Å². The average molecular weight is 386 g/mol. The summed E-state index contributed by atoms with van der Waals surface area (Å²) < 4.78 is 0. The molecule has 0 aliphatic carbocycles. The van der Waals surface area contributed by atoms with Gasteiger partial charge in [-0.25, -0.2) is 0 Å². The normalized spacial score (nSPS) is 11.0. The Morgan fingerprint density at radius 3 is 1.96 bits per heavy atom. The lowest BCUT2D eigenvalue weighted by Crippen LogP contribution is -2.41. The molecule has 0 heterocycles. The molecule has 0 saturated heterocycles. The molecule has 0 aliphatic rings. The van der Waals surface area contributed by atoms with Gasteiger partial charge in [-0.2, -0.15) is 0 Å². The van der Waals surface area contributed by atoms with Gasteiger partial charge in [-0.3, -0.25) is 9.59 Å². The summed E-state index contributed by atoms with van der Waals surface area (Å²) in [5, 5.41) is 6.64. The third-order valence-corrected chi connectivity index (χ3v) is 4.22. The molecule has 0 atom stereocenters. The molecule has 24 heavy (non-hydrogen) atoms. The minimum absolute atomic E-state index is 0.296. The van der Waals surface area contributed by atoms with E-state index in [9.17, 15) is 9.59 Å². The minimum atomic E-state index is -1.32. The molecular weight excluding hydrogens is 371 g/mol. The van der Waals surface area contributed by atoms with Gasteiger partial charge in [0.2, 0.25) is 11.8 Å². The van der Waals surface area contributed by atoms with Gasteiger partial charge in [-0.1, -0.05) is 34.8 Å². The first kappa shape index (κ1) is 18.6. The van der Waals surface area contributed by atoms with Crippen molar-refractivity contribution in [1.29, 1.82) is 0 Å². The maximum atomic E-state index is 12.5. The number of hydrogen-bond acceptors (Lipinski definition) is 2. The zero-order valence-corrected chi connectivity index (χ0v) is 15.3. The number of carbonyl (C=O) groups is 2. The van der Waals surface area contributed by atoms with Gasteiger partial charge in [-0.15, -0.1) is 0 Å². The van der Waals surface area contributed by atoms with Crippen molar-refractivity contribution < 1.29 is 9.59 Å². The number of halogens is 3. The lowest BCUT2D eigenvalue weighted by atomic mass is 9.90. The molecule has 0 aliphatic heterocycles. The molecule has 2 amide bonds. The van der Waals surface area contributed by atoms with Gasteiger partial charge in [0.1, 0.15) is 5.41 Å². The highest BCUT2D eigenvalue weighted by atomic mass is 35.5. The van der Waals surface area contributed by atoms with Crippen molar-refractivity contribution in [3.05, 3.63) is 57.5 Å². The van der Waals surface area contributed by atoms with E-state index in [0.29, 0.717) is 26.4 Å². The minimum Gasteiger partial charge on any atom is -0.325 e. The summed E-state index contributed by atoms with van der Waals surface area (Å²) in [5.41, 5.74) is -0.379. The molecule has 2 rings (SSSR count). The maximum Gasteiger partial charge on any atom is 0.239 e. The van der Waals surface area contributed by atoms with Crippen molar-refractivity contribution in [3.63, 3.8) is 0 Å². The lowest BCUT2D eigenvalue weighted by molar-refractivity contribution is -0.135. The van der Waals surface area contributed by atoms with Crippen LogP contribution in [0.5, 0.6) is 0 Å². The number of nitrogens with one attached hydrogen (secondary N) is 2. The summed E-state index contributed by atoms with van der Waals surface area (Å²) in [5.74, 6) is -0.939. The van der Waals surface area contributed by atoms with E-state index in [1.165, 1.54) is 19.9 Å². The van der Waals surface area contributed by atoms with Crippen molar-refractivity contribution in [2.75, 3.05) is 10.6 Å². The van der Waals surface area contributed by atoms with E-state index in [0.717, 1.165) is 0 Å². The Bertz CT molecular complexity index is 774. The van der Waals surface area contributed by atoms with Gasteiger partial charge in [0.15, 0.2) is 0 Å². The summed E-state index contributed by atoms with van der Waals surface area (Å²) in [7, 11) is 0. The van der Waals surface area contributed by atoms with Gasteiger partial charge in [-0.05, 0) is 56.3 Å². The van der Waals surface area contributed by atoms with E-state index in [2.05, 4.69) is 10.6 Å².